The molecule has 0 heterocycles. The number of rotatable bonds is 3. The van der Waals surface area contributed by atoms with Crippen LogP contribution in [0.2, 0.25) is 0 Å². The highest BCUT2D eigenvalue weighted by atomic mass is 16.3. The van der Waals surface area contributed by atoms with Crippen molar-refractivity contribution >= 4 is 5.91 Å². The Balaban J connectivity index is 2.55. The summed E-state index contributed by atoms with van der Waals surface area (Å²) in [6, 6.07) is 0.0350. The molecule has 3 heteroatoms. The summed E-state index contributed by atoms with van der Waals surface area (Å²) in [6.45, 7) is 1.66. The Morgan fingerprint density at radius 2 is 2.00 bits per heavy atom. The summed E-state index contributed by atoms with van der Waals surface area (Å²) in [5, 5.41) is 9.30. The Kier molecular flexibility index (Phi) is 4.39. The lowest BCUT2D eigenvalue weighted by atomic mass is 9.83. The van der Waals surface area contributed by atoms with Crippen molar-refractivity contribution in [2.45, 2.75) is 45.1 Å². The second-order valence-corrected chi connectivity index (χ2v) is 4.28. The average molecular weight is 199 g/mol. The van der Waals surface area contributed by atoms with Gasteiger partial charge in [0.05, 0.1) is 12.6 Å². The smallest absolute Gasteiger partial charge is 0.219 e. The van der Waals surface area contributed by atoms with Crippen LogP contribution in [-0.2, 0) is 4.79 Å². The first-order valence-corrected chi connectivity index (χ1v) is 5.51. The number of hydrogen-bond acceptors (Lipinski definition) is 2. The molecule has 1 saturated carbocycles. The predicted octanol–water partition coefficient (Wildman–Crippen LogP) is 1.41. The molecule has 0 aliphatic heterocycles. The molecule has 82 valence electrons. The van der Waals surface area contributed by atoms with Crippen molar-refractivity contribution in [2.24, 2.45) is 5.92 Å². The van der Waals surface area contributed by atoms with Crippen LogP contribution in [0, 0.1) is 5.92 Å². The van der Waals surface area contributed by atoms with Crippen LogP contribution in [0.4, 0.5) is 0 Å². The summed E-state index contributed by atoms with van der Waals surface area (Å²) in [5.74, 6) is 0.553. The number of likely N-dealkylation sites (N-methyl/N-ethyl adjacent to an activating group) is 1. The van der Waals surface area contributed by atoms with E-state index < -0.39 is 0 Å². The van der Waals surface area contributed by atoms with E-state index in [1.54, 1.807) is 18.9 Å². The molecule has 0 radical (unpaired) electrons. The summed E-state index contributed by atoms with van der Waals surface area (Å²) in [5.41, 5.74) is 0. The summed E-state index contributed by atoms with van der Waals surface area (Å²) >= 11 is 0. The number of aliphatic hydroxyl groups is 1. The van der Waals surface area contributed by atoms with E-state index in [1.807, 2.05) is 0 Å². The maximum Gasteiger partial charge on any atom is 0.219 e. The summed E-state index contributed by atoms with van der Waals surface area (Å²) < 4.78 is 0. The first kappa shape index (κ1) is 11.5. The monoisotopic (exact) mass is 199 g/mol. The Bertz CT molecular complexity index is 188. The molecule has 1 rings (SSSR count). The zero-order chi connectivity index (χ0) is 10.6. The van der Waals surface area contributed by atoms with Crippen molar-refractivity contribution in [3.8, 4) is 0 Å². The minimum atomic E-state index is 0.0350. The molecule has 1 fully saturated rings. The number of carbonyl (C=O) groups is 1. The fraction of sp³-hybridized carbons (Fsp3) is 0.909. The number of aliphatic hydroxyl groups excluding tert-OH is 1. The molecule has 0 saturated heterocycles. The third-order valence-electron chi connectivity index (χ3n) is 3.38. The Morgan fingerprint density at radius 3 is 2.43 bits per heavy atom. The van der Waals surface area contributed by atoms with Gasteiger partial charge in [0.15, 0.2) is 0 Å². The van der Waals surface area contributed by atoms with Crippen LogP contribution >= 0.6 is 0 Å². The van der Waals surface area contributed by atoms with Gasteiger partial charge in [0.25, 0.3) is 0 Å². The van der Waals surface area contributed by atoms with Gasteiger partial charge < -0.3 is 10.0 Å². The molecule has 0 aromatic carbocycles. The predicted molar refractivity (Wildman–Crippen MR) is 55.9 cm³/mol. The third kappa shape index (κ3) is 2.71. The lowest BCUT2D eigenvalue weighted by Crippen LogP contribution is -2.44. The van der Waals surface area contributed by atoms with Crippen molar-refractivity contribution < 1.29 is 9.90 Å². The molecule has 1 unspecified atom stereocenters. The molecule has 14 heavy (non-hydrogen) atoms. The van der Waals surface area contributed by atoms with E-state index in [9.17, 15) is 9.90 Å². The first-order valence-electron chi connectivity index (χ1n) is 5.51. The number of nitrogens with zero attached hydrogens (tertiary/aromatic N) is 1. The Labute approximate surface area is 86.1 Å². The molecule has 3 nitrogen and oxygen atoms in total. The highest BCUT2D eigenvalue weighted by Gasteiger charge is 2.27. The van der Waals surface area contributed by atoms with Crippen molar-refractivity contribution in [2.75, 3.05) is 13.7 Å². The van der Waals surface area contributed by atoms with Crippen molar-refractivity contribution in [1.29, 1.82) is 0 Å². The van der Waals surface area contributed by atoms with Crippen LogP contribution in [0.5, 0.6) is 0 Å². The second-order valence-electron chi connectivity index (χ2n) is 4.28. The van der Waals surface area contributed by atoms with E-state index in [-0.39, 0.29) is 18.6 Å². The van der Waals surface area contributed by atoms with E-state index >= 15 is 0 Å². The van der Waals surface area contributed by atoms with Crippen molar-refractivity contribution in [3.05, 3.63) is 0 Å². The highest BCUT2D eigenvalue weighted by molar-refractivity contribution is 5.73. The molecular formula is C11H21NO2. The first-order chi connectivity index (χ1) is 6.66. The lowest BCUT2D eigenvalue weighted by molar-refractivity contribution is -0.132. The van der Waals surface area contributed by atoms with Gasteiger partial charge in [-0.05, 0) is 18.8 Å². The zero-order valence-electron chi connectivity index (χ0n) is 9.20. The normalized spacial score (nSPS) is 20.5. The topological polar surface area (TPSA) is 40.5 Å². The maximum absolute atomic E-state index is 11.2. The molecule has 1 amide bonds. The van der Waals surface area contributed by atoms with Gasteiger partial charge in [0.2, 0.25) is 5.91 Å². The Hall–Kier alpha value is -0.570. The number of amides is 1. The van der Waals surface area contributed by atoms with Crippen LogP contribution in [0.25, 0.3) is 0 Å². The van der Waals surface area contributed by atoms with E-state index in [0.29, 0.717) is 5.92 Å². The molecule has 0 aromatic rings. The van der Waals surface area contributed by atoms with Crippen molar-refractivity contribution in [1.82, 2.24) is 4.90 Å². The lowest BCUT2D eigenvalue weighted by Gasteiger charge is -2.35. The molecule has 1 N–H and O–H groups in total. The molecule has 1 aliphatic rings. The van der Waals surface area contributed by atoms with Gasteiger partial charge in [-0.1, -0.05) is 19.3 Å². The molecule has 1 aliphatic carbocycles. The summed E-state index contributed by atoms with van der Waals surface area (Å²) in [7, 11) is 1.79. The van der Waals surface area contributed by atoms with Crippen LogP contribution < -0.4 is 0 Å². The van der Waals surface area contributed by atoms with Crippen LogP contribution in [-0.4, -0.2) is 35.6 Å². The van der Waals surface area contributed by atoms with Gasteiger partial charge in [-0.2, -0.15) is 0 Å². The van der Waals surface area contributed by atoms with Gasteiger partial charge in [-0.15, -0.1) is 0 Å². The Morgan fingerprint density at radius 1 is 1.43 bits per heavy atom. The maximum atomic E-state index is 11.2. The number of carbonyl (C=O) groups excluding carboxylic acids is 1. The third-order valence-corrected chi connectivity index (χ3v) is 3.38. The fourth-order valence-corrected chi connectivity index (χ4v) is 2.34. The van der Waals surface area contributed by atoms with Gasteiger partial charge in [0.1, 0.15) is 0 Å². The molecule has 1 atom stereocenters. The highest BCUT2D eigenvalue weighted by Crippen LogP contribution is 2.28. The summed E-state index contributed by atoms with van der Waals surface area (Å²) in [6.07, 6.45) is 6.10. The largest absolute Gasteiger partial charge is 0.394 e. The average Bonchev–Trinajstić information content (AvgIpc) is 2.20. The summed E-state index contributed by atoms with van der Waals surface area (Å²) in [4.78, 5) is 12.9. The number of hydrogen-bond donors (Lipinski definition) is 1. The molecule has 0 spiro atoms. The van der Waals surface area contributed by atoms with Gasteiger partial charge in [0, 0.05) is 14.0 Å². The molecular weight excluding hydrogens is 178 g/mol. The SMILES string of the molecule is CC(=O)N(C)C(CO)C1CCCCC1. The van der Waals surface area contributed by atoms with Crippen LogP contribution in [0.15, 0.2) is 0 Å². The van der Waals surface area contributed by atoms with Crippen molar-refractivity contribution in [3.63, 3.8) is 0 Å². The molecule has 0 bridgehead atoms. The van der Waals surface area contributed by atoms with Crippen LogP contribution in [0.1, 0.15) is 39.0 Å². The van der Waals surface area contributed by atoms with Gasteiger partial charge in [-0.3, -0.25) is 4.79 Å². The quantitative estimate of drug-likeness (QED) is 0.746. The van der Waals surface area contributed by atoms with Gasteiger partial charge >= 0.3 is 0 Å². The standard InChI is InChI=1S/C11H21NO2/c1-9(14)12(2)11(8-13)10-6-4-3-5-7-10/h10-11,13H,3-8H2,1-2H3. The zero-order valence-corrected chi connectivity index (χ0v) is 9.20. The van der Waals surface area contributed by atoms with E-state index in [1.165, 1.54) is 19.3 Å². The fourth-order valence-electron chi connectivity index (χ4n) is 2.34. The van der Waals surface area contributed by atoms with E-state index in [0.717, 1.165) is 12.8 Å². The van der Waals surface area contributed by atoms with E-state index in [4.69, 9.17) is 0 Å². The van der Waals surface area contributed by atoms with E-state index in [2.05, 4.69) is 0 Å². The van der Waals surface area contributed by atoms with Gasteiger partial charge in [-0.25, -0.2) is 0 Å². The molecule has 0 aromatic heterocycles. The minimum Gasteiger partial charge on any atom is -0.394 e. The second kappa shape index (κ2) is 5.35. The van der Waals surface area contributed by atoms with Crippen LogP contribution in [0.3, 0.4) is 0 Å². The minimum absolute atomic E-state index is 0.0350.